The Morgan fingerprint density at radius 1 is 1.31 bits per heavy atom. The van der Waals surface area contributed by atoms with Crippen LogP contribution in [-0.2, 0) is 17.8 Å². The van der Waals surface area contributed by atoms with Crippen LogP contribution in [0.25, 0.3) is 11.0 Å². The highest BCUT2D eigenvalue weighted by molar-refractivity contribution is 6.04. The summed E-state index contributed by atoms with van der Waals surface area (Å²) in [6.07, 6.45) is 1.45. The number of benzene rings is 1. The molecule has 0 spiro atoms. The minimum atomic E-state index is -0.572. The summed E-state index contributed by atoms with van der Waals surface area (Å²) in [5.74, 6) is 0.00413. The molecule has 2 amide bonds. The van der Waals surface area contributed by atoms with Crippen LogP contribution in [0.15, 0.2) is 18.2 Å². The first kappa shape index (κ1) is 21.8. The molecular weight excluding hydrogens is 412 g/mol. The van der Waals surface area contributed by atoms with E-state index < -0.39 is 5.91 Å². The van der Waals surface area contributed by atoms with Crippen LogP contribution >= 0.6 is 0 Å². The van der Waals surface area contributed by atoms with Gasteiger partial charge in [-0.2, -0.15) is 5.10 Å². The van der Waals surface area contributed by atoms with Gasteiger partial charge in [-0.05, 0) is 38.5 Å². The summed E-state index contributed by atoms with van der Waals surface area (Å²) in [4.78, 5) is 29.6. The molecule has 1 aliphatic rings. The standard InChI is InChI=1S/C22H28N6O4/c1-4-7-27-19-16(10-14(20(23)29)11-18(19)32-15-6-8-31-12-15)24-22(27)25-21(30)17-9-13(3)26-28(17)5-2/h9-11,15H,4-8,12H2,1-3H3,(H2,23,29)(H,24,25,30). The zero-order valence-corrected chi connectivity index (χ0v) is 18.6. The van der Waals surface area contributed by atoms with Gasteiger partial charge < -0.3 is 19.8 Å². The largest absolute Gasteiger partial charge is 0.486 e. The molecule has 10 heteroatoms. The molecule has 0 aliphatic carbocycles. The Balaban J connectivity index is 1.79. The van der Waals surface area contributed by atoms with Crippen molar-refractivity contribution in [2.45, 2.75) is 52.8 Å². The van der Waals surface area contributed by atoms with E-state index in [1.54, 1.807) is 22.9 Å². The topological polar surface area (TPSA) is 126 Å². The van der Waals surface area contributed by atoms with E-state index in [1.807, 2.05) is 25.3 Å². The summed E-state index contributed by atoms with van der Waals surface area (Å²) in [5, 5.41) is 7.26. The van der Waals surface area contributed by atoms with E-state index in [9.17, 15) is 9.59 Å². The second-order valence-corrected chi connectivity index (χ2v) is 7.84. The van der Waals surface area contributed by atoms with Gasteiger partial charge in [0.15, 0.2) is 0 Å². The van der Waals surface area contributed by atoms with Crippen molar-refractivity contribution in [2.75, 3.05) is 18.5 Å². The fourth-order valence-corrected chi connectivity index (χ4v) is 3.92. The maximum Gasteiger partial charge on any atom is 0.276 e. The second kappa shape index (κ2) is 8.99. The van der Waals surface area contributed by atoms with Gasteiger partial charge in [0.2, 0.25) is 11.9 Å². The van der Waals surface area contributed by atoms with Gasteiger partial charge in [-0.25, -0.2) is 4.98 Å². The van der Waals surface area contributed by atoms with Crippen molar-refractivity contribution in [3.63, 3.8) is 0 Å². The molecule has 3 aromatic rings. The number of hydrogen-bond acceptors (Lipinski definition) is 6. The number of aryl methyl sites for hydroxylation is 3. The summed E-state index contributed by atoms with van der Waals surface area (Å²) in [5.41, 5.74) is 8.29. The number of primary amides is 1. The number of ether oxygens (including phenoxy) is 2. The van der Waals surface area contributed by atoms with Gasteiger partial charge in [0, 0.05) is 25.1 Å². The van der Waals surface area contributed by atoms with Crippen molar-refractivity contribution >= 4 is 28.8 Å². The van der Waals surface area contributed by atoms with E-state index in [0.29, 0.717) is 60.3 Å². The number of rotatable bonds is 8. The quantitative estimate of drug-likeness (QED) is 0.554. The Labute approximate surface area is 185 Å². The van der Waals surface area contributed by atoms with Crippen LogP contribution < -0.4 is 15.8 Å². The highest BCUT2D eigenvalue weighted by Crippen LogP contribution is 2.32. The molecular formula is C22H28N6O4. The van der Waals surface area contributed by atoms with E-state index >= 15 is 0 Å². The zero-order valence-electron chi connectivity index (χ0n) is 18.6. The van der Waals surface area contributed by atoms with Crippen LogP contribution in [0.3, 0.4) is 0 Å². The number of amides is 2. The zero-order chi connectivity index (χ0) is 22.8. The molecule has 1 saturated heterocycles. The summed E-state index contributed by atoms with van der Waals surface area (Å²) in [7, 11) is 0. The molecule has 0 bridgehead atoms. The number of hydrogen-bond donors (Lipinski definition) is 2. The van der Waals surface area contributed by atoms with E-state index in [4.69, 9.17) is 15.2 Å². The van der Waals surface area contributed by atoms with Gasteiger partial charge in [-0.15, -0.1) is 0 Å². The molecule has 1 fully saturated rings. The maximum atomic E-state index is 13.0. The number of nitrogens with one attached hydrogen (secondary N) is 1. The van der Waals surface area contributed by atoms with Crippen LogP contribution in [-0.4, -0.2) is 50.5 Å². The van der Waals surface area contributed by atoms with Gasteiger partial charge in [0.1, 0.15) is 23.1 Å². The van der Waals surface area contributed by atoms with Crippen LogP contribution in [0.5, 0.6) is 5.75 Å². The molecule has 1 atom stereocenters. The molecule has 4 rings (SSSR count). The predicted octanol–water partition coefficient (Wildman–Crippen LogP) is 2.49. The number of nitrogens with two attached hydrogens (primary N) is 1. The van der Waals surface area contributed by atoms with Crippen LogP contribution in [0.1, 0.15) is 53.2 Å². The highest BCUT2D eigenvalue weighted by atomic mass is 16.5. The molecule has 1 aliphatic heterocycles. The molecule has 0 saturated carbocycles. The van der Waals surface area contributed by atoms with Gasteiger partial charge in [-0.1, -0.05) is 6.92 Å². The third kappa shape index (κ3) is 4.18. The second-order valence-electron chi connectivity index (χ2n) is 7.84. The van der Waals surface area contributed by atoms with Gasteiger partial charge in [0.25, 0.3) is 5.91 Å². The van der Waals surface area contributed by atoms with Gasteiger partial charge in [0.05, 0.1) is 24.4 Å². The lowest BCUT2D eigenvalue weighted by Crippen LogP contribution is -2.20. The number of imidazole rings is 1. The fraction of sp³-hybridized carbons (Fsp3) is 0.455. The predicted molar refractivity (Wildman–Crippen MR) is 119 cm³/mol. The Morgan fingerprint density at radius 3 is 2.78 bits per heavy atom. The normalized spacial score (nSPS) is 15.9. The van der Waals surface area contributed by atoms with Crippen LogP contribution in [0.4, 0.5) is 5.95 Å². The molecule has 32 heavy (non-hydrogen) atoms. The molecule has 3 N–H and O–H groups in total. The Kier molecular flexibility index (Phi) is 6.13. The monoisotopic (exact) mass is 440 g/mol. The average molecular weight is 441 g/mol. The smallest absolute Gasteiger partial charge is 0.276 e. The first-order chi connectivity index (χ1) is 15.4. The first-order valence-electron chi connectivity index (χ1n) is 10.9. The van der Waals surface area contributed by atoms with Gasteiger partial charge >= 0.3 is 0 Å². The average Bonchev–Trinajstić information content (AvgIpc) is 3.47. The SMILES string of the molecule is CCCn1c(NC(=O)c2cc(C)nn2CC)nc2cc(C(N)=O)cc(OC3CCOC3)c21. The third-order valence-corrected chi connectivity index (χ3v) is 5.38. The number of nitrogens with zero attached hydrogens (tertiary/aromatic N) is 4. The number of carbonyl (C=O) groups excluding carboxylic acids is 2. The summed E-state index contributed by atoms with van der Waals surface area (Å²) >= 11 is 0. The Bertz CT molecular complexity index is 1160. The first-order valence-corrected chi connectivity index (χ1v) is 10.9. The maximum absolute atomic E-state index is 13.0. The van der Waals surface area contributed by atoms with E-state index in [-0.39, 0.29) is 12.0 Å². The number of fused-ring (bicyclic) bond motifs is 1. The molecule has 0 radical (unpaired) electrons. The summed E-state index contributed by atoms with van der Waals surface area (Å²) < 4.78 is 15.2. The van der Waals surface area contributed by atoms with Gasteiger partial charge in [-0.3, -0.25) is 19.6 Å². The van der Waals surface area contributed by atoms with E-state index in [1.165, 1.54) is 0 Å². The third-order valence-electron chi connectivity index (χ3n) is 5.38. The van der Waals surface area contributed by atoms with Crippen molar-refractivity contribution in [2.24, 2.45) is 5.73 Å². The minimum absolute atomic E-state index is 0.119. The highest BCUT2D eigenvalue weighted by Gasteiger charge is 2.24. The lowest BCUT2D eigenvalue weighted by molar-refractivity contribution is 0.0995. The molecule has 170 valence electrons. The summed E-state index contributed by atoms with van der Waals surface area (Å²) in [6.45, 7) is 8.10. The lowest BCUT2D eigenvalue weighted by atomic mass is 10.1. The van der Waals surface area contributed by atoms with Crippen molar-refractivity contribution < 1.29 is 19.1 Å². The molecule has 3 heterocycles. The molecule has 2 aromatic heterocycles. The molecule has 1 aromatic carbocycles. The number of anilines is 1. The van der Waals surface area contributed by atoms with Crippen molar-refractivity contribution in [1.29, 1.82) is 0 Å². The number of aromatic nitrogens is 4. The lowest BCUT2D eigenvalue weighted by Gasteiger charge is -2.16. The minimum Gasteiger partial charge on any atom is -0.486 e. The van der Waals surface area contributed by atoms with E-state index in [2.05, 4.69) is 15.4 Å². The van der Waals surface area contributed by atoms with Crippen LogP contribution in [0.2, 0.25) is 0 Å². The van der Waals surface area contributed by atoms with Crippen molar-refractivity contribution in [1.82, 2.24) is 19.3 Å². The van der Waals surface area contributed by atoms with Crippen molar-refractivity contribution in [3.8, 4) is 5.75 Å². The fourth-order valence-electron chi connectivity index (χ4n) is 3.92. The Hall–Kier alpha value is -3.40. The number of carbonyl (C=O) groups is 2. The van der Waals surface area contributed by atoms with Crippen LogP contribution in [0, 0.1) is 6.92 Å². The Morgan fingerprint density at radius 2 is 2.12 bits per heavy atom. The molecule has 10 nitrogen and oxygen atoms in total. The van der Waals surface area contributed by atoms with Crippen molar-refractivity contribution in [3.05, 3.63) is 35.2 Å². The molecule has 1 unspecified atom stereocenters. The summed E-state index contributed by atoms with van der Waals surface area (Å²) in [6, 6.07) is 5.00. The van der Waals surface area contributed by atoms with E-state index in [0.717, 1.165) is 18.5 Å².